The molecule has 8 heteroatoms. The fourth-order valence-electron chi connectivity index (χ4n) is 2.12. The summed E-state index contributed by atoms with van der Waals surface area (Å²) >= 11 is 1.21. The van der Waals surface area contributed by atoms with E-state index in [9.17, 15) is 13.6 Å². The Labute approximate surface area is 143 Å². The number of hydrogen-bond donors (Lipinski definition) is 2. The van der Waals surface area contributed by atoms with Crippen LogP contribution in [0.4, 0.5) is 13.6 Å². The van der Waals surface area contributed by atoms with E-state index >= 15 is 0 Å². The number of aryl methyl sites for hydroxylation is 1. The Kier molecular flexibility index (Phi) is 6.19. The van der Waals surface area contributed by atoms with E-state index in [1.54, 1.807) is 0 Å². The summed E-state index contributed by atoms with van der Waals surface area (Å²) in [6.07, 6.45) is 0.347. The van der Waals surface area contributed by atoms with E-state index < -0.39 is 17.7 Å². The Morgan fingerprint density at radius 3 is 2.58 bits per heavy atom. The lowest BCUT2D eigenvalue weighted by molar-refractivity contribution is 0.155. The molecule has 0 unspecified atom stereocenters. The highest BCUT2D eigenvalue weighted by molar-refractivity contribution is 7.99. The van der Waals surface area contributed by atoms with Gasteiger partial charge in [0.1, 0.15) is 22.5 Å². The van der Waals surface area contributed by atoms with Gasteiger partial charge in [-0.25, -0.2) is 18.6 Å². The van der Waals surface area contributed by atoms with Gasteiger partial charge in [0.15, 0.2) is 0 Å². The molecule has 2 rings (SSSR count). The molecule has 24 heavy (non-hydrogen) atoms. The number of imidazole rings is 1. The summed E-state index contributed by atoms with van der Waals surface area (Å²) in [4.78, 5) is 18.7. The van der Waals surface area contributed by atoms with Crippen molar-refractivity contribution < 1.29 is 18.3 Å². The van der Waals surface area contributed by atoms with Gasteiger partial charge in [0.25, 0.3) is 0 Å². The summed E-state index contributed by atoms with van der Waals surface area (Å²) in [6, 6.07) is 3.38. The van der Waals surface area contributed by atoms with Gasteiger partial charge in [0.2, 0.25) is 0 Å². The maximum Gasteiger partial charge on any atom is 0.404 e. The SMILES string of the molecule is CC(C)c1[nH]c(CCCOC(N)=O)nc1Sc1cc(F)cc(F)c1. The molecular formula is C16H19F2N3O2S. The van der Waals surface area contributed by atoms with E-state index in [-0.39, 0.29) is 12.5 Å². The molecule has 1 heterocycles. The highest BCUT2D eigenvalue weighted by atomic mass is 32.2. The molecule has 1 amide bonds. The fourth-order valence-corrected chi connectivity index (χ4v) is 3.24. The molecule has 0 atom stereocenters. The van der Waals surface area contributed by atoms with Crippen LogP contribution >= 0.6 is 11.8 Å². The van der Waals surface area contributed by atoms with Gasteiger partial charge < -0.3 is 15.5 Å². The minimum absolute atomic E-state index is 0.175. The van der Waals surface area contributed by atoms with E-state index in [4.69, 9.17) is 5.73 Å². The van der Waals surface area contributed by atoms with E-state index in [2.05, 4.69) is 14.7 Å². The summed E-state index contributed by atoms with van der Waals surface area (Å²) in [7, 11) is 0. The van der Waals surface area contributed by atoms with Gasteiger partial charge in [0.05, 0.1) is 12.3 Å². The van der Waals surface area contributed by atoms with Crippen LogP contribution in [0.5, 0.6) is 0 Å². The summed E-state index contributed by atoms with van der Waals surface area (Å²) in [5, 5.41) is 0.681. The Balaban J connectivity index is 2.11. The van der Waals surface area contributed by atoms with Crippen molar-refractivity contribution in [3.63, 3.8) is 0 Å². The smallest absolute Gasteiger partial charge is 0.404 e. The number of nitrogens with one attached hydrogen (secondary N) is 1. The second-order valence-electron chi connectivity index (χ2n) is 5.54. The zero-order valence-electron chi connectivity index (χ0n) is 13.4. The predicted octanol–water partition coefficient (Wildman–Crippen LogP) is 3.99. The van der Waals surface area contributed by atoms with Gasteiger partial charge in [-0.15, -0.1) is 0 Å². The summed E-state index contributed by atoms with van der Waals surface area (Å²) < 4.78 is 31.3. The van der Waals surface area contributed by atoms with Gasteiger partial charge in [0, 0.05) is 17.4 Å². The first kappa shape index (κ1) is 18.3. The van der Waals surface area contributed by atoms with Crippen LogP contribution in [0.15, 0.2) is 28.1 Å². The molecule has 0 saturated heterocycles. The van der Waals surface area contributed by atoms with Crippen molar-refractivity contribution in [1.29, 1.82) is 0 Å². The molecule has 0 aliphatic carbocycles. The highest BCUT2D eigenvalue weighted by Crippen LogP contribution is 2.33. The number of aromatic amines is 1. The van der Waals surface area contributed by atoms with E-state index in [1.165, 1.54) is 23.9 Å². The number of nitrogens with zero attached hydrogens (tertiary/aromatic N) is 1. The van der Waals surface area contributed by atoms with Crippen molar-refractivity contribution in [3.05, 3.63) is 41.4 Å². The topological polar surface area (TPSA) is 81.0 Å². The average Bonchev–Trinajstić information content (AvgIpc) is 2.85. The van der Waals surface area contributed by atoms with Gasteiger partial charge in [-0.2, -0.15) is 0 Å². The van der Waals surface area contributed by atoms with Crippen LogP contribution < -0.4 is 5.73 Å². The van der Waals surface area contributed by atoms with Gasteiger partial charge in [-0.3, -0.25) is 0 Å². The van der Waals surface area contributed by atoms with Crippen molar-refractivity contribution in [3.8, 4) is 0 Å². The number of aromatic nitrogens is 2. The van der Waals surface area contributed by atoms with Crippen molar-refractivity contribution in [2.75, 3.05) is 6.61 Å². The average molecular weight is 355 g/mol. The molecule has 1 aromatic carbocycles. The van der Waals surface area contributed by atoms with Crippen LogP contribution in [-0.4, -0.2) is 22.7 Å². The van der Waals surface area contributed by atoms with Crippen LogP contribution in [0.25, 0.3) is 0 Å². The zero-order chi connectivity index (χ0) is 17.7. The van der Waals surface area contributed by atoms with Crippen LogP contribution in [0, 0.1) is 11.6 Å². The Bertz CT molecular complexity index is 699. The minimum atomic E-state index is -0.804. The first-order chi connectivity index (χ1) is 11.3. The van der Waals surface area contributed by atoms with Gasteiger partial charge >= 0.3 is 6.09 Å². The number of amides is 1. The molecule has 3 N–H and O–H groups in total. The molecule has 2 aromatic rings. The summed E-state index contributed by atoms with van der Waals surface area (Å²) in [6.45, 7) is 4.22. The van der Waals surface area contributed by atoms with Crippen molar-refractivity contribution >= 4 is 17.9 Å². The molecule has 130 valence electrons. The highest BCUT2D eigenvalue weighted by Gasteiger charge is 2.15. The molecule has 1 aromatic heterocycles. The molecular weight excluding hydrogens is 336 g/mol. The normalized spacial score (nSPS) is 11.0. The molecule has 0 bridgehead atoms. The van der Waals surface area contributed by atoms with E-state index in [0.29, 0.717) is 22.8 Å². The number of benzene rings is 1. The maximum atomic E-state index is 13.3. The Hall–Kier alpha value is -2.09. The number of rotatable bonds is 7. The van der Waals surface area contributed by atoms with Crippen LogP contribution in [0.2, 0.25) is 0 Å². The number of primary amides is 1. The lowest BCUT2D eigenvalue weighted by Gasteiger charge is -2.05. The lowest BCUT2D eigenvalue weighted by Crippen LogP contribution is -2.14. The monoisotopic (exact) mass is 355 g/mol. The summed E-state index contributed by atoms with van der Waals surface area (Å²) in [5.41, 5.74) is 5.80. The lowest BCUT2D eigenvalue weighted by atomic mass is 10.2. The zero-order valence-corrected chi connectivity index (χ0v) is 14.3. The number of halogens is 2. The first-order valence-corrected chi connectivity index (χ1v) is 8.31. The van der Waals surface area contributed by atoms with Crippen LogP contribution in [-0.2, 0) is 11.2 Å². The third-order valence-corrected chi connectivity index (χ3v) is 4.15. The molecule has 0 fully saturated rings. The number of nitrogens with two attached hydrogens (primary N) is 1. The number of carbonyl (C=O) groups is 1. The second-order valence-corrected chi connectivity index (χ2v) is 6.60. The van der Waals surface area contributed by atoms with Crippen molar-refractivity contribution in [1.82, 2.24) is 9.97 Å². The Morgan fingerprint density at radius 1 is 1.33 bits per heavy atom. The fraction of sp³-hybridized carbons (Fsp3) is 0.375. The van der Waals surface area contributed by atoms with Gasteiger partial charge in [-0.1, -0.05) is 25.6 Å². The molecule has 0 radical (unpaired) electrons. The third kappa shape index (κ3) is 5.23. The number of carbonyl (C=O) groups excluding carboxylic acids is 1. The van der Waals surface area contributed by atoms with Crippen molar-refractivity contribution in [2.45, 2.75) is 42.5 Å². The van der Waals surface area contributed by atoms with Crippen LogP contribution in [0.3, 0.4) is 0 Å². The van der Waals surface area contributed by atoms with E-state index in [1.807, 2.05) is 13.8 Å². The van der Waals surface area contributed by atoms with Crippen LogP contribution in [0.1, 0.15) is 37.7 Å². The number of ether oxygens (including phenoxy) is 1. The number of hydrogen-bond acceptors (Lipinski definition) is 4. The standard InChI is InChI=1S/C16H19F2N3O2S/c1-9(2)14-15(24-12-7-10(17)6-11(18)8-12)21-13(20-14)4-3-5-23-16(19)22/h6-9H,3-5H2,1-2H3,(H2,19,22)(H,20,21). The number of H-pyrrole nitrogens is 1. The van der Waals surface area contributed by atoms with Gasteiger partial charge in [-0.05, 0) is 24.5 Å². The molecule has 0 aliphatic rings. The Morgan fingerprint density at radius 2 is 2.00 bits per heavy atom. The second kappa shape index (κ2) is 8.14. The molecule has 0 saturated carbocycles. The minimum Gasteiger partial charge on any atom is -0.450 e. The van der Waals surface area contributed by atoms with E-state index in [0.717, 1.165) is 17.6 Å². The molecule has 0 spiro atoms. The molecule has 0 aliphatic heterocycles. The maximum absolute atomic E-state index is 13.3. The molecule has 5 nitrogen and oxygen atoms in total. The summed E-state index contributed by atoms with van der Waals surface area (Å²) in [5.74, 6) is -0.342. The predicted molar refractivity (Wildman–Crippen MR) is 87.0 cm³/mol. The largest absolute Gasteiger partial charge is 0.450 e. The third-order valence-electron chi connectivity index (χ3n) is 3.18. The first-order valence-electron chi connectivity index (χ1n) is 7.50. The van der Waals surface area contributed by atoms with Crippen molar-refractivity contribution in [2.24, 2.45) is 5.73 Å². The quantitative estimate of drug-likeness (QED) is 0.736.